The van der Waals surface area contributed by atoms with Crippen LogP contribution in [0, 0.1) is 0 Å². The number of ether oxygens (including phenoxy) is 1. The fourth-order valence-corrected chi connectivity index (χ4v) is 3.17. The van der Waals surface area contributed by atoms with E-state index in [0.29, 0.717) is 0 Å². The molecule has 4 nitrogen and oxygen atoms in total. The predicted molar refractivity (Wildman–Crippen MR) is 72.7 cm³/mol. The molecule has 1 aromatic rings. The Hall–Kier alpha value is -1.71. The fraction of sp³-hybridized carbons (Fsp3) is 0.533. The van der Waals surface area contributed by atoms with Gasteiger partial charge in [-0.15, -0.1) is 0 Å². The van der Waals surface area contributed by atoms with Gasteiger partial charge in [-0.05, 0) is 37.8 Å². The van der Waals surface area contributed by atoms with Gasteiger partial charge in [0.2, 0.25) is 0 Å². The zero-order valence-electron chi connectivity index (χ0n) is 11.2. The third kappa shape index (κ3) is 2.27. The second kappa shape index (κ2) is 4.76. The maximum absolute atomic E-state index is 9.64. The number of hydrogen-bond acceptors (Lipinski definition) is 4. The van der Waals surface area contributed by atoms with Crippen LogP contribution < -0.4 is 4.74 Å². The average Bonchev–Trinajstić information content (AvgIpc) is 2.39. The summed E-state index contributed by atoms with van der Waals surface area (Å²) < 4.78 is 6.22. The SMILES string of the molecule is CON=C1CC2(CCCCC2)Oc2cc(O)ccc21. The van der Waals surface area contributed by atoms with E-state index in [-0.39, 0.29) is 11.4 Å². The zero-order chi connectivity index (χ0) is 13.3. The second-order valence-corrected chi connectivity index (χ2v) is 5.42. The van der Waals surface area contributed by atoms with E-state index in [9.17, 15) is 5.11 Å². The predicted octanol–water partition coefficient (Wildman–Crippen LogP) is 3.23. The molecule has 4 heteroatoms. The van der Waals surface area contributed by atoms with Gasteiger partial charge in [-0.3, -0.25) is 0 Å². The molecule has 0 atom stereocenters. The van der Waals surface area contributed by atoms with Gasteiger partial charge in [0.1, 0.15) is 24.2 Å². The zero-order valence-corrected chi connectivity index (χ0v) is 11.2. The van der Waals surface area contributed by atoms with Gasteiger partial charge in [0.05, 0.1) is 5.71 Å². The molecule has 1 aromatic carbocycles. The highest BCUT2D eigenvalue weighted by atomic mass is 16.6. The van der Waals surface area contributed by atoms with Gasteiger partial charge in [-0.1, -0.05) is 11.6 Å². The van der Waals surface area contributed by atoms with Crippen LogP contribution in [0.2, 0.25) is 0 Å². The van der Waals surface area contributed by atoms with Crippen LogP contribution in [0.3, 0.4) is 0 Å². The molecule has 0 amide bonds. The van der Waals surface area contributed by atoms with Crippen LogP contribution in [0.5, 0.6) is 11.5 Å². The third-order valence-corrected chi connectivity index (χ3v) is 4.06. The van der Waals surface area contributed by atoms with Crippen LogP contribution in [-0.4, -0.2) is 23.5 Å². The first-order valence-electron chi connectivity index (χ1n) is 6.85. The van der Waals surface area contributed by atoms with Gasteiger partial charge in [-0.25, -0.2) is 0 Å². The van der Waals surface area contributed by atoms with E-state index >= 15 is 0 Å². The number of phenolic OH excluding ortho intramolecular Hbond substituents is 1. The van der Waals surface area contributed by atoms with Crippen LogP contribution in [0.4, 0.5) is 0 Å². The van der Waals surface area contributed by atoms with Crippen molar-refractivity contribution in [1.29, 1.82) is 0 Å². The summed E-state index contributed by atoms with van der Waals surface area (Å²) in [7, 11) is 1.57. The van der Waals surface area contributed by atoms with Gasteiger partial charge >= 0.3 is 0 Å². The molecule has 0 bridgehead atoms. The smallest absolute Gasteiger partial charge is 0.133 e. The second-order valence-electron chi connectivity index (χ2n) is 5.42. The highest BCUT2D eigenvalue weighted by Crippen LogP contribution is 2.43. The minimum Gasteiger partial charge on any atom is -0.508 e. The monoisotopic (exact) mass is 261 g/mol. The fourth-order valence-electron chi connectivity index (χ4n) is 3.17. The average molecular weight is 261 g/mol. The van der Waals surface area contributed by atoms with E-state index in [2.05, 4.69) is 5.16 Å². The number of hydrogen-bond donors (Lipinski definition) is 1. The van der Waals surface area contributed by atoms with Crippen LogP contribution in [0.1, 0.15) is 44.1 Å². The van der Waals surface area contributed by atoms with Crippen LogP contribution in [-0.2, 0) is 4.84 Å². The van der Waals surface area contributed by atoms with Gasteiger partial charge in [0.15, 0.2) is 0 Å². The first kappa shape index (κ1) is 12.3. The number of fused-ring (bicyclic) bond motifs is 1. The van der Waals surface area contributed by atoms with E-state index in [1.165, 1.54) is 19.3 Å². The molecular formula is C15H19NO3. The minimum absolute atomic E-state index is 0.156. The van der Waals surface area contributed by atoms with Crippen LogP contribution in [0.25, 0.3) is 0 Å². The maximum Gasteiger partial charge on any atom is 0.133 e. The van der Waals surface area contributed by atoms with E-state index in [1.807, 2.05) is 6.07 Å². The Morgan fingerprint density at radius 2 is 2.05 bits per heavy atom. The van der Waals surface area contributed by atoms with Gasteiger partial charge in [-0.2, -0.15) is 0 Å². The molecule has 1 aliphatic heterocycles. The lowest BCUT2D eigenvalue weighted by Crippen LogP contribution is -2.43. The normalized spacial score (nSPS) is 22.9. The molecule has 0 unspecified atom stereocenters. The molecule has 3 rings (SSSR count). The standard InChI is InChI=1S/C15H19NO3/c1-18-16-13-10-15(7-3-2-4-8-15)19-14-9-11(17)5-6-12(13)14/h5-6,9,17H,2-4,7-8,10H2,1H3. The highest BCUT2D eigenvalue weighted by molar-refractivity contribution is 6.04. The largest absolute Gasteiger partial charge is 0.508 e. The van der Waals surface area contributed by atoms with E-state index < -0.39 is 0 Å². The summed E-state index contributed by atoms with van der Waals surface area (Å²) in [5.41, 5.74) is 1.69. The summed E-state index contributed by atoms with van der Waals surface area (Å²) >= 11 is 0. The summed E-state index contributed by atoms with van der Waals surface area (Å²) in [6.07, 6.45) is 6.53. The topological polar surface area (TPSA) is 51.0 Å². The van der Waals surface area contributed by atoms with Crippen molar-refractivity contribution in [2.24, 2.45) is 5.16 Å². The lowest BCUT2D eigenvalue weighted by atomic mass is 9.78. The van der Waals surface area contributed by atoms with E-state index in [0.717, 1.165) is 36.3 Å². The lowest BCUT2D eigenvalue weighted by molar-refractivity contribution is 0.0307. The molecule has 102 valence electrons. The Kier molecular flexibility index (Phi) is 3.09. The van der Waals surface area contributed by atoms with Crippen molar-refractivity contribution in [1.82, 2.24) is 0 Å². The van der Waals surface area contributed by atoms with Crippen molar-refractivity contribution < 1.29 is 14.7 Å². The van der Waals surface area contributed by atoms with E-state index in [1.54, 1.807) is 19.2 Å². The van der Waals surface area contributed by atoms with Gasteiger partial charge in [0, 0.05) is 18.1 Å². The molecule has 2 aliphatic rings. The van der Waals surface area contributed by atoms with Crippen molar-refractivity contribution in [2.45, 2.75) is 44.1 Å². The number of aromatic hydroxyl groups is 1. The van der Waals surface area contributed by atoms with Crippen molar-refractivity contribution in [3.63, 3.8) is 0 Å². The third-order valence-electron chi connectivity index (χ3n) is 4.06. The Labute approximate surface area is 113 Å². The number of oxime groups is 1. The van der Waals surface area contributed by atoms with Crippen molar-refractivity contribution in [3.8, 4) is 11.5 Å². The number of nitrogens with zero attached hydrogens (tertiary/aromatic N) is 1. The molecule has 1 heterocycles. The van der Waals surface area contributed by atoms with Crippen molar-refractivity contribution in [2.75, 3.05) is 7.11 Å². The Morgan fingerprint density at radius 1 is 1.26 bits per heavy atom. The van der Waals surface area contributed by atoms with Gasteiger partial charge in [0.25, 0.3) is 0 Å². The molecule has 1 spiro atoms. The summed E-state index contributed by atoms with van der Waals surface area (Å²) in [5.74, 6) is 0.951. The maximum atomic E-state index is 9.64. The molecular weight excluding hydrogens is 242 g/mol. The molecule has 0 radical (unpaired) electrons. The lowest BCUT2D eigenvalue weighted by Gasteiger charge is -2.41. The molecule has 0 aromatic heterocycles. The molecule has 1 N–H and O–H groups in total. The highest BCUT2D eigenvalue weighted by Gasteiger charge is 2.40. The Balaban J connectivity index is 2.02. The summed E-state index contributed by atoms with van der Waals surface area (Å²) in [5, 5.41) is 13.8. The quantitative estimate of drug-likeness (QED) is 0.790. The molecule has 1 saturated carbocycles. The van der Waals surface area contributed by atoms with Crippen LogP contribution >= 0.6 is 0 Å². The summed E-state index contributed by atoms with van der Waals surface area (Å²) in [4.78, 5) is 4.97. The Bertz CT molecular complexity index is 504. The molecule has 0 saturated heterocycles. The molecule has 1 fully saturated rings. The van der Waals surface area contributed by atoms with Crippen molar-refractivity contribution >= 4 is 5.71 Å². The van der Waals surface area contributed by atoms with E-state index in [4.69, 9.17) is 9.57 Å². The minimum atomic E-state index is -0.156. The summed E-state index contributed by atoms with van der Waals surface area (Å²) in [6, 6.07) is 5.18. The summed E-state index contributed by atoms with van der Waals surface area (Å²) in [6.45, 7) is 0. The number of phenols is 1. The number of benzene rings is 1. The Morgan fingerprint density at radius 3 is 2.79 bits per heavy atom. The molecule has 1 aliphatic carbocycles. The van der Waals surface area contributed by atoms with Gasteiger partial charge < -0.3 is 14.7 Å². The van der Waals surface area contributed by atoms with Crippen molar-refractivity contribution in [3.05, 3.63) is 23.8 Å². The first-order valence-corrected chi connectivity index (χ1v) is 6.85. The molecule has 19 heavy (non-hydrogen) atoms. The first-order chi connectivity index (χ1) is 9.22. The van der Waals surface area contributed by atoms with Crippen LogP contribution in [0.15, 0.2) is 23.4 Å². The number of rotatable bonds is 1.